The zero-order valence-electron chi connectivity index (χ0n) is 53.4. The fourth-order valence-corrected chi connectivity index (χ4v) is 11.2. The Morgan fingerprint density at radius 2 is 0.595 bits per heavy atom. The third-order valence-corrected chi connectivity index (χ3v) is 16.6. The van der Waals surface area contributed by atoms with E-state index >= 15 is 0 Å². The maximum Gasteiger partial charge on any atom is 0.305 e. The van der Waals surface area contributed by atoms with Gasteiger partial charge in [-0.2, -0.15) is 0 Å². The van der Waals surface area contributed by atoms with Crippen molar-refractivity contribution in [2.24, 2.45) is 0 Å². The standard InChI is InChI=1S/C73H139NO5/c1-3-5-7-9-11-13-15-17-18-19-33-36-39-42-45-49-53-57-61-65-71(76)70(69-75)74-72(77)66-62-58-54-50-46-43-40-37-34-31-29-27-25-23-21-20-22-24-26-28-30-32-35-38-41-44-48-52-56-60-64-68-79-73(78)67-63-59-55-51-47-16-14-12-10-8-6-4-2/h12,14,22,24,61,65,70-71,75-76H,3-11,13,15-21,23,25-60,62-64,66-69H2,1-2H3,(H,74,77)/b14-12-,24-22-,65-61+. The zero-order chi connectivity index (χ0) is 57.1. The number of aliphatic hydroxyl groups excluding tert-OH is 2. The van der Waals surface area contributed by atoms with Gasteiger partial charge in [-0.3, -0.25) is 9.59 Å². The summed E-state index contributed by atoms with van der Waals surface area (Å²) in [6.07, 6.45) is 88.0. The summed E-state index contributed by atoms with van der Waals surface area (Å²) in [6, 6.07) is -0.627. The van der Waals surface area contributed by atoms with E-state index in [4.69, 9.17) is 4.74 Å². The smallest absolute Gasteiger partial charge is 0.305 e. The van der Waals surface area contributed by atoms with Gasteiger partial charge in [0.15, 0.2) is 0 Å². The van der Waals surface area contributed by atoms with E-state index in [0.717, 1.165) is 44.9 Å². The van der Waals surface area contributed by atoms with Gasteiger partial charge in [-0.15, -0.1) is 0 Å². The second kappa shape index (κ2) is 68.6. The van der Waals surface area contributed by atoms with Crippen LogP contribution < -0.4 is 5.32 Å². The summed E-state index contributed by atoms with van der Waals surface area (Å²) < 4.78 is 5.47. The van der Waals surface area contributed by atoms with Gasteiger partial charge in [-0.25, -0.2) is 0 Å². The molecule has 79 heavy (non-hydrogen) atoms. The largest absolute Gasteiger partial charge is 0.466 e. The van der Waals surface area contributed by atoms with Crippen molar-refractivity contribution in [3.63, 3.8) is 0 Å². The molecule has 6 nitrogen and oxygen atoms in total. The van der Waals surface area contributed by atoms with Crippen molar-refractivity contribution in [3.05, 3.63) is 36.5 Å². The Morgan fingerprint density at radius 3 is 0.924 bits per heavy atom. The molecule has 0 spiro atoms. The lowest BCUT2D eigenvalue weighted by Gasteiger charge is -2.20. The minimum Gasteiger partial charge on any atom is -0.466 e. The second-order valence-electron chi connectivity index (χ2n) is 24.6. The van der Waals surface area contributed by atoms with Gasteiger partial charge in [0.05, 0.1) is 25.4 Å². The molecular formula is C73H139NO5. The van der Waals surface area contributed by atoms with E-state index in [1.165, 1.54) is 321 Å². The lowest BCUT2D eigenvalue weighted by molar-refractivity contribution is -0.143. The average molecular weight is 1110 g/mol. The molecule has 3 N–H and O–H groups in total. The lowest BCUT2D eigenvalue weighted by atomic mass is 10.0. The van der Waals surface area contributed by atoms with Gasteiger partial charge < -0.3 is 20.3 Å². The van der Waals surface area contributed by atoms with Crippen LogP contribution in [0.3, 0.4) is 0 Å². The molecule has 0 bridgehead atoms. The molecular weight excluding hydrogens is 971 g/mol. The summed E-state index contributed by atoms with van der Waals surface area (Å²) in [5, 5.41) is 23.2. The summed E-state index contributed by atoms with van der Waals surface area (Å²) in [4.78, 5) is 24.5. The van der Waals surface area contributed by atoms with Gasteiger partial charge in [0, 0.05) is 12.8 Å². The highest BCUT2D eigenvalue weighted by Gasteiger charge is 2.18. The van der Waals surface area contributed by atoms with E-state index < -0.39 is 12.1 Å². The van der Waals surface area contributed by atoms with Gasteiger partial charge in [-0.1, -0.05) is 333 Å². The van der Waals surface area contributed by atoms with Crippen LogP contribution in [0.15, 0.2) is 36.5 Å². The molecule has 0 aliphatic rings. The number of nitrogens with one attached hydrogen (secondary N) is 1. The van der Waals surface area contributed by atoms with Crippen molar-refractivity contribution in [2.45, 2.75) is 405 Å². The molecule has 6 heteroatoms. The maximum absolute atomic E-state index is 12.5. The van der Waals surface area contributed by atoms with E-state index in [2.05, 4.69) is 43.5 Å². The molecule has 2 unspecified atom stereocenters. The molecule has 0 radical (unpaired) electrons. The SMILES string of the molecule is CCCCC/C=C\CCCCCCCC(=O)OCCCCCCCCCCCCCC/C=C\CCCCCCCCCCCCCCCCCC(=O)NC(CO)C(O)/C=C/CCCCCCCCCCCCCCCCCCC. The van der Waals surface area contributed by atoms with Crippen LogP contribution in [0, 0.1) is 0 Å². The van der Waals surface area contributed by atoms with Gasteiger partial charge >= 0.3 is 5.97 Å². The number of ether oxygens (including phenoxy) is 1. The summed E-state index contributed by atoms with van der Waals surface area (Å²) in [7, 11) is 0. The van der Waals surface area contributed by atoms with Crippen LogP contribution in [-0.4, -0.2) is 47.4 Å². The Hall–Kier alpha value is -1.92. The fourth-order valence-electron chi connectivity index (χ4n) is 11.2. The van der Waals surface area contributed by atoms with E-state index in [1.807, 2.05) is 6.08 Å². The number of unbranched alkanes of at least 4 members (excludes halogenated alkanes) is 52. The highest BCUT2D eigenvalue weighted by atomic mass is 16.5. The normalized spacial score (nSPS) is 12.7. The summed E-state index contributed by atoms with van der Waals surface area (Å²) in [5.74, 6) is -0.0550. The zero-order valence-corrected chi connectivity index (χ0v) is 53.4. The molecule has 0 fully saturated rings. The fraction of sp³-hybridized carbons (Fsp3) is 0.890. The molecule has 0 heterocycles. The summed E-state index contributed by atoms with van der Waals surface area (Å²) >= 11 is 0. The Labute approximate surface area is 494 Å². The minimum atomic E-state index is -0.844. The number of esters is 1. The molecule has 0 aromatic carbocycles. The number of hydrogen-bond donors (Lipinski definition) is 3. The van der Waals surface area contributed by atoms with Crippen molar-refractivity contribution in [2.75, 3.05) is 13.2 Å². The second-order valence-corrected chi connectivity index (χ2v) is 24.6. The molecule has 0 aromatic heterocycles. The first-order valence-electron chi connectivity index (χ1n) is 35.8. The van der Waals surface area contributed by atoms with E-state index in [-0.39, 0.29) is 18.5 Å². The quantitative estimate of drug-likeness (QED) is 0.0320. The van der Waals surface area contributed by atoms with E-state index in [0.29, 0.717) is 19.4 Å². The average Bonchev–Trinajstić information content (AvgIpc) is 3.45. The van der Waals surface area contributed by atoms with Gasteiger partial charge in [0.2, 0.25) is 5.91 Å². The predicted octanol–water partition coefficient (Wildman–Crippen LogP) is 23.1. The maximum atomic E-state index is 12.5. The third kappa shape index (κ3) is 65.1. The lowest BCUT2D eigenvalue weighted by Crippen LogP contribution is -2.45. The van der Waals surface area contributed by atoms with Crippen LogP contribution in [0.25, 0.3) is 0 Å². The number of rotatable bonds is 67. The van der Waals surface area contributed by atoms with Crippen molar-refractivity contribution in [1.29, 1.82) is 0 Å². The Kier molecular flexibility index (Phi) is 66.9. The summed E-state index contributed by atoms with van der Waals surface area (Å²) in [5.41, 5.74) is 0. The highest BCUT2D eigenvalue weighted by molar-refractivity contribution is 5.76. The van der Waals surface area contributed by atoms with Gasteiger partial charge in [0.25, 0.3) is 0 Å². The van der Waals surface area contributed by atoms with Crippen molar-refractivity contribution < 1.29 is 24.5 Å². The highest BCUT2D eigenvalue weighted by Crippen LogP contribution is 2.18. The molecule has 0 saturated heterocycles. The van der Waals surface area contributed by atoms with Crippen molar-refractivity contribution in [3.8, 4) is 0 Å². The number of aliphatic hydroxyl groups is 2. The first-order chi connectivity index (χ1) is 39.0. The van der Waals surface area contributed by atoms with Crippen LogP contribution in [0.1, 0.15) is 393 Å². The first kappa shape index (κ1) is 77.1. The molecule has 2 atom stereocenters. The predicted molar refractivity (Wildman–Crippen MR) is 347 cm³/mol. The van der Waals surface area contributed by atoms with Gasteiger partial charge in [0.1, 0.15) is 0 Å². The van der Waals surface area contributed by atoms with Gasteiger partial charge in [-0.05, 0) is 83.5 Å². The Morgan fingerprint density at radius 1 is 0.342 bits per heavy atom. The monoisotopic (exact) mass is 1110 g/mol. The van der Waals surface area contributed by atoms with E-state index in [9.17, 15) is 19.8 Å². The van der Waals surface area contributed by atoms with Crippen LogP contribution in [-0.2, 0) is 14.3 Å². The molecule has 0 aromatic rings. The Balaban J connectivity index is 3.39. The van der Waals surface area contributed by atoms with Crippen molar-refractivity contribution in [1.82, 2.24) is 5.32 Å². The topological polar surface area (TPSA) is 95.9 Å². The van der Waals surface area contributed by atoms with Crippen LogP contribution >= 0.6 is 0 Å². The van der Waals surface area contributed by atoms with E-state index in [1.54, 1.807) is 6.08 Å². The Bertz CT molecular complexity index is 1280. The molecule has 0 aliphatic heterocycles. The number of carbonyl (C=O) groups excluding carboxylic acids is 2. The van der Waals surface area contributed by atoms with Crippen LogP contribution in [0.2, 0.25) is 0 Å². The first-order valence-corrected chi connectivity index (χ1v) is 35.8. The molecule has 0 rings (SSSR count). The molecule has 0 aliphatic carbocycles. The molecule has 466 valence electrons. The summed E-state index contributed by atoms with van der Waals surface area (Å²) in [6.45, 7) is 4.91. The van der Waals surface area contributed by atoms with Crippen LogP contribution in [0.5, 0.6) is 0 Å². The molecule has 1 amide bonds. The number of allylic oxidation sites excluding steroid dienone is 5. The third-order valence-electron chi connectivity index (χ3n) is 16.6. The number of amides is 1. The number of carbonyl (C=O) groups is 2. The van der Waals surface area contributed by atoms with Crippen molar-refractivity contribution >= 4 is 11.9 Å². The van der Waals surface area contributed by atoms with Crippen LogP contribution in [0.4, 0.5) is 0 Å². The molecule has 0 saturated carbocycles. The number of hydrogen-bond acceptors (Lipinski definition) is 5. The minimum absolute atomic E-state index is 0.00755.